The fraction of sp³-hybridized carbons (Fsp3) is 0.875. The summed E-state index contributed by atoms with van der Waals surface area (Å²) in [6.45, 7) is 3.46. The van der Waals surface area contributed by atoms with Crippen molar-refractivity contribution in [2.75, 3.05) is 19.7 Å². The first kappa shape index (κ1) is 8.53. The average molecular weight is 157 g/mol. The predicted molar refractivity (Wildman–Crippen MR) is 42.1 cm³/mol. The molecule has 1 aliphatic heterocycles. The lowest BCUT2D eigenvalue weighted by atomic mass is 10.1. The first-order chi connectivity index (χ1) is 5.29. The van der Waals surface area contributed by atoms with Gasteiger partial charge < -0.3 is 10.0 Å². The maximum Gasteiger partial charge on any atom is 0.225 e. The standard InChI is InChI=1S/C8H15NO2/c1-2-7-3-4-9(5-6-10)8(7)11/h7,10H,2-6H2,1H3. The largest absolute Gasteiger partial charge is 0.395 e. The highest BCUT2D eigenvalue weighted by Gasteiger charge is 2.29. The van der Waals surface area contributed by atoms with Gasteiger partial charge in [-0.05, 0) is 12.8 Å². The van der Waals surface area contributed by atoms with Gasteiger partial charge in [0.2, 0.25) is 5.91 Å². The predicted octanol–water partition coefficient (Wildman–Crippen LogP) is 0.237. The molecule has 1 saturated heterocycles. The number of β-amino-alcohol motifs (C(OH)–C–C–N with tert-alkyl or cyclic N) is 1. The molecule has 1 rings (SSSR count). The van der Waals surface area contributed by atoms with Crippen molar-refractivity contribution in [2.24, 2.45) is 5.92 Å². The number of amides is 1. The van der Waals surface area contributed by atoms with Crippen LogP contribution in [-0.4, -0.2) is 35.6 Å². The number of nitrogens with zero attached hydrogens (tertiary/aromatic N) is 1. The third-order valence-electron chi connectivity index (χ3n) is 2.27. The molecule has 0 radical (unpaired) electrons. The number of carbonyl (C=O) groups is 1. The molecule has 0 bridgehead atoms. The molecule has 0 aromatic rings. The lowest BCUT2D eigenvalue weighted by Gasteiger charge is -2.13. The van der Waals surface area contributed by atoms with Crippen molar-refractivity contribution in [1.29, 1.82) is 0 Å². The third kappa shape index (κ3) is 1.71. The molecule has 3 nitrogen and oxygen atoms in total. The van der Waals surface area contributed by atoms with E-state index in [4.69, 9.17) is 5.11 Å². The smallest absolute Gasteiger partial charge is 0.225 e. The number of carbonyl (C=O) groups excluding carboxylic acids is 1. The number of rotatable bonds is 3. The van der Waals surface area contributed by atoms with Gasteiger partial charge in [-0.25, -0.2) is 0 Å². The number of likely N-dealkylation sites (tertiary alicyclic amines) is 1. The van der Waals surface area contributed by atoms with E-state index in [1.165, 1.54) is 0 Å². The second-order valence-corrected chi connectivity index (χ2v) is 2.94. The van der Waals surface area contributed by atoms with Gasteiger partial charge in [-0.15, -0.1) is 0 Å². The van der Waals surface area contributed by atoms with Crippen LogP contribution < -0.4 is 0 Å². The second-order valence-electron chi connectivity index (χ2n) is 2.94. The fourth-order valence-corrected chi connectivity index (χ4v) is 1.52. The summed E-state index contributed by atoms with van der Waals surface area (Å²) in [6, 6.07) is 0. The molecule has 0 aliphatic carbocycles. The van der Waals surface area contributed by atoms with Crippen molar-refractivity contribution in [3.63, 3.8) is 0 Å². The van der Waals surface area contributed by atoms with Crippen molar-refractivity contribution in [3.8, 4) is 0 Å². The van der Waals surface area contributed by atoms with Gasteiger partial charge in [-0.1, -0.05) is 6.92 Å². The van der Waals surface area contributed by atoms with E-state index in [-0.39, 0.29) is 18.4 Å². The van der Waals surface area contributed by atoms with Crippen LogP contribution in [0.2, 0.25) is 0 Å². The van der Waals surface area contributed by atoms with Crippen LogP contribution in [0.3, 0.4) is 0 Å². The highest BCUT2D eigenvalue weighted by atomic mass is 16.3. The molecule has 1 fully saturated rings. The van der Waals surface area contributed by atoms with Crippen LogP contribution in [0.1, 0.15) is 19.8 Å². The Bertz CT molecular complexity index is 147. The summed E-state index contributed by atoms with van der Waals surface area (Å²) in [7, 11) is 0. The lowest BCUT2D eigenvalue weighted by Crippen LogP contribution is -2.29. The molecule has 1 heterocycles. The van der Waals surface area contributed by atoms with E-state index >= 15 is 0 Å². The van der Waals surface area contributed by atoms with Crippen LogP contribution in [0.5, 0.6) is 0 Å². The third-order valence-corrected chi connectivity index (χ3v) is 2.27. The Kier molecular flexibility index (Phi) is 2.88. The Labute approximate surface area is 67.0 Å². The van der Waals surface area contributed by atoms with Gasteiger partial charge in [-0.2, -0.15) is 0 Å². The molecule has 3 heteroatoms. The maximum absolute atomic E-state index is 11.3. The molecular formula is C8H15NO2. The molecule has 1 N–H and O–H groups in total. The summed E-state index contributed by atoms with van der Waals surface area (Å²) in [5.41, 5.74) is 0. The van der Waals surface area contributed by atoms with E-state index in [1.807, 2.05) is 6.92 Å². The minimum atomic E-state index is 0.0855. The van der Waals surface area contributed by atoms with Crippen LogP contribution in [0, 0.1) is 5.92 Å². The molecule has 1 atom stereocenters. The molecule has 0 aromatic heterocycles. The second kappa shape index (κ2) is 3.72. The topological polar surface area (TPSA) is 40.5 Å². The molecule has 1 amide bonds. The number of aliphatic hydroxyl groups excluding tert-OH is 1. The van der Waals surface area contributed by atoms with Crippen LogP contribution >= 0.6 is 0 Å². The lowest BCUT2D eigenvalue weighted by molar-refractivity contribution is -0.131. The Morgan fingerprint density at radius 3 is 2.91 bits per heavy atom. The van der Waals surface area contributed by atoms with E-state index in [0.29, 0.717) is 6.54 Å². The summed E-state index contributed by atoms with van der Waals surface area (Å²) in [4.78, 5) is 13.1. The Hall–Kier alpha value is -0.570. The maximum atomic E-state index is 11.3. The zero-order valence-electron chi connectivity index (χ0n) is 6.92. The van der Waals surface area contributed by atoms with E-state index in [9.17, 15) is 4.79 Å². The van der Waals surface area contributed by atoms with Gasteiger partial charge in [0.1, 0.15) is 0 Å². The highest BCUT2D eigenvalue weighted by molar-refractivity contribution is 5.80. The number of aliphatic hydroxyl groups is 1. The zero-order chi connectivity index (χ0) is 8.27. The first-order valence-electron chi connectivity index (χ1n) is 4.19. The number of hydrogen-bond donors (Lipinski definition) is 1. The van der Waals surface area contributed by atoms with Crippen molar-refractivity contribution in [1.82, 2.24) is 4.90 Å². The van der Waals surface area contributed by atoms with Gasteiger partial charge in [-0.3, -0.25) is 4.79 Å². The van der Waals surface area contributed by atoms with E-state index in [2.05, 4.69) is 0 Å². The summed E-state index contributed by atoms with van der Waals surface area (Å²) >= 11 is 0. The monoisotopic (exact) mass is 157 g/mol. The fourth-order valence-electron chi connectivity index (χ4n) is 1.52. The average Bonchev–Trinajstić information content (AvgIpc) is 2.34. The van der Waals surface area contributed by atoms with E-state index in [1.54, 1.807) is 4.90 Å². The summed E-state index contributed by atoms with van der Waals surface area (Å²) < 4.78 is 0. The highest BCUT2D eigenvalue weighted by Crippen LogP contribution is 2.19. The van der Waals surface area contributed by atoms with E-state index < -0.39 is 0 Å². The number of hydrogen-bond acceptors (Lipinski definition) is 2. The van der Waals surface area contributed by atoms with Gasteiger partial charge in [0.25, 0.3) is 0 Å². The molecule has 0 aromatic carbocycles. The molecule has 0 spiro atoms. The SMILES string of the molecule is CCC1CCN(CCO)C1=O. The van der Waals surface area contributed by atoms with Gasteiger partial charge in [0.15, 0.2) is 0 Å². The minimum absolute atomic E-state index is 0.0855. The molecule has 1 unspecified atom stereocenters. The van der Waals surface area contributed by atoms with Gasteiger partial charge in [0.05, 0.1) is 6.61 Å². The minimum Gasteiger partial charge on any atom is -0.395 e. The Morgan fingerprint density at radius 2 is 2.45 bits per heavy atom. The normalized spacial score (nSPS) is 24.7. The van der Waals surface area contributed by atoms with Crippen molar-refractivity contribution in [2.45, 2.75) is 19.8 Å². The summed E-state index contributed by atoms with van der Waals surface area (Å²) in [5.74, 6) is 0.447. The molecule has 64 valence electrons. The van der Waals surface area contributed by atoms with Crippen LogP contribution in [-0.2, 0) is 4.79 Å². The molecule has 1 aliphatic rings. The zero-order valence-corrected chi connectivity index (χ0v) is 6.92. The molecular weight excluding hydrogens is 142 g/mol. The van der Waals surface area contributed by atoms with Crippen molar-refractivity contribution >= 4 is 5.91 Å². The quantitative estimate of drug-likeness (QED) is 0.637. The molecule has 11 heavy (non-hydrogen) atoms. The molecule has 0 saturated carbocycles. The van der Waals surface area contributed by atoms with Crippen LogP contribution in [0.4, 0.5) is 0 Å². The van der Waals surface area contributed by atoms with Crippen molar-refractivity contribution in [3.05, 3.63) is 0 Å². The van der Waals surface area contributed by atoms with Gasteiger partial charge >= 0.3 is 0 Å². The van der Waals surface area contributed by atoms with E-state index in [0.717, 1.165) is 19.4 Å². The van der Waals surface area contributed by atoms with Crippen LogP contribution in [0.15, 0.2) is 0 Å². The van der Waals surface area contributed by atoms with Crippen LogP contribution in [0.25, 0.3) is 0 Å². The Morgan fingerprint density at radius 1 is 1.73 bits per heavy atom. The summed E-state index contributed by atoms with van der Waals surface area (Å²) in [5, 5.41) is 8.61. The van der Waals surface area contributed by atoms with Crippen molar-refractivity contribution < 1.29 is 9.90 Å². The first-order valence-corrected chi connectivity index (χ1v) is 4.19. The van der Waals surface area contributed by atoms with Gasteiger partial charge in [0, 0.05) is 19.0 Å². The summed E-state index contributed by atoms with van der Waals surface area (Å²) in [6.07, 6.45) is 1.90. The Balaban J connectivity index is 2.42.